The van der Waals surface area contributed by atoms with E-state index in [1.54, 1.807) is 14.0 Å². The Morgan fingerprint density at radius 3 is 2.69 bits per heavy atom. The number of hydrogen-bond donors (Lipinski definition) is 1. The van der Waals surface area contributed by atoms with E-state index in [4.69, 9.17) is 0 Å². The summed E-state index contributed by atoms with van der Waals surface area (Å²) in [6, 6.07) is 0. The van der Waals surface area contributed by atoms with E-state index in [1.165, 1.54) is 10.5 Å². The van der Waals surface area contributed by atoms with Gasteiger partial charge in [-0.15, -0.1) is 0 Å². The molecule has 0 aliphatic heterocycles. The quantitative estimate of drug-likeness (QED) is 0.838. The van der Waals surface area contributed by atoms with Gasteiger partial charge in [-0.1, -0.05) is 22.9 Å². The first-order valence-corrected chi connectivity index (χ1v) is 7.31. The maximum atomic E-state index is 12.1. The van der Waals surface area contributed by atoms with E-state index in [0.717, 1.165) is 6.42 Å². The number of nitrogens with one attached hydrogen (secondary N) is 1. The van der Waals surface area contributed by atoms with Crippen molar-refractivity contribution in [3.05, 3.63) is 11.9 Å². The second-order valence-electron chi connectivity index (χ2n) is 3.76. The van der Waals surface area contributed by atoms with E-state index in [2.05, 4.69) is 26.1 Å². The van der Waals surface area contributed by atoms with Crippen LogP contribution in [0, 0.1) is 6.92 Å². The molecular weight excluding hydrogens is 294 g/mol. The maximum absolute atomic E-state index is 12.1. The van der Waals surface area contributed by atoms with E-state index in [1.807, 2.05) is 6.92 Å². The van der Waals surface area contributed by atoms with Crippen LogP contribution in [0.15, 0.2) is 11.1 Å². The molecule has 1 N–H and O–H groups in total. The number of alkyl halides is 1. The summed E-state index contributed by atoms with van der Waals surface area (Å²) in [5.74, 6) is 0. The summed E-state index contributed by atoms with van der Waals surface area (Å²) in [6.07, 6.45) is 2.12. The van der Waals surface area contributed by atoms with Crippen LogP contribution >= 0.6 is 15.9 Å². The number of hydrogen-bond acceptors (Lipinski definition) is 3. The van der Waals surface area contributed by atoms with Crippen molar-refractivity contribution in [1.29, 1.82) is 0 Å². The topological polar surface area (TPSA) is 66.1 Å². The van der Waals surface area contributed by atoms with Crippen molar-refractivity contribution >= 4 is 26.0 Å². The molecule has 1 atom stereocenters. The standard InChI is InChI=1S/C9H16BrN3O2S/c1-7(10)4-5-13(3)16(14,15)9-6-11-12-8(9)2/h6-7H,4-5H2,1-3H3,(H,11,12). The molecule has 5 nitrogen and oxygen atoms in total. The Kier molecular flexibility index (Phi) is 4.52. The molecule has 0 aromatic carbocycles. The predicted octanol–water partition coefficient (Wildman–Crippen LogP) is 1.51. The first kappa shape index (κ1) is 13.7. The number of halogens is 1. The molecule has 0 saturated carbocycles. The van der Waals surface area contributed by atoms with Gasteiger partial charge in [0.1, 0.15) is 4.90 Å². The third-order valence-corrected chi connectivity index (χ3v) is 4.74. The Morgan fingerprint density at radius 2 is 2.25 bits per heavy atom. The summed E-state index contributed by atoms with van der Waals surface area (Å²) in [6.45, 7) is 4.17. The molecule has 92 valence electrons. The number of H-pyrrole nitrogens is 1. The highest BCUT2D eigenvalue weighted by atomic mass is 79.9. The molecule has 1 aromatic rings. The number of rotatable bonds is 5. The zero-order valence-corrected chi connectivity index (χ0v) is 12.0. The molecule has 16 heavy (non-hydrogen) atoms. The summed E-state index contributed by atoms with van der Waals surface area (Å²) < 4.78 is 25.5. The van der Waals surface area contributed by atoms with E-state index >= 15 is 0 Å². The van der Waals surface area contributed by atoms with Gasteiger partial charge in [0.2, 0.25) is 10.0 Å². The first-order valence-electron chi connectivity index (χ1n) is 4.96. The van der Waals surface area contributed by atoms with Gasteiger partial charge in [-0.25, -0.2) is 12.7 Å². The lowest BCUT2D eigenvalue weighted by Crippen LogP contribution is -2.29. The zero-order chi connectivity index (χ0) is 12.3. The van der Waals surface area contributed by atoms with E-state index < -0.39 is 10.0 Å². The van der Waals surface area contributed by atoms with Crippen molar-refractivity contribution in [2.24, 2.45) is 0 Å². The molecule has 1 aromatic heterocycles. The molecule has 0 radical (unpaired) electrons. The van der Waals surface area contributed by atoms with Crippen LogP contribution in [0.2, 0.25) is 0 Å². The Labute approximate surface area is 104 Å². The maximum Gasteiger partial charge on any atom is 0.246 e. The molecule has 1 unspecified atom stereocenters. The number of aromatic nitrogens is 2. The molecule has 0 aliphatic carbocycles. The largest absolute Gasteiger partial charge is 0.281 e. The van der Waals surface area contributed by atoms with Crippen LogP contribution in [-0.2, 0) is 10.0 Å². The predicted molar refractivity (Wildman–Crippen MR) is 66.1 cm³/mol. The Balaban J connectivity index is 2.83. The van der Waals surface area contributed by atoms with E-state index in [9.17, 15) is 8.42 Å². The summed E-state index contributed by atoms with van der Waals surface area (Å²) in [5, 5.41) is 6.35. The van der Waals surface area contributed by atoms with Crippen LogP contribution in [0.4, 0.5) is 0 Å². The van der Waals surface area contributed by atoms with Gasteiger partial charge in [0.15, 0.2) is 0 Å². The fourth-order valence-corrected chi connectivity index (χ4v) is 2.75. The monoisotopic (exact) mass is 309 g/mol. The highest BCUT2D eigenvalue weighted by molar-refractivity contribution is 9.09. The van der Waals surface area contributed by atoms with Gasteiger partial charge < -0.3 is 0 Å². The van der Waals surface area contributed by atoms with E-state index in [-0.39, 0.29) is 4.90 Å². The summed E-state index contributed by atoms with van der Waals surface area (Å²) in [4.78, 5) is 0.549. The number of sulfonamides is 1. The van der Waals surface area contributed by atoms with Crippen LogP contribution in [0.3, 0.4) is 0 Å². The number of nitrogens with zero attached hydrogens (tertiary/aromatic N) is 2. The first-order chi connectivity index (χ1) is 7.35. The minimum atomic E-state index is -3.40. The number of aryl methyl sites for hydroxylation is 1. The van der Waals surface area contributed by atoms with Gasteiger partial charge in [0.25, 0.3) is 0 Å². The van der Waals surface area contributed by atoms with Crippen LogP contribution in [0.5, 0.6) is 0 Å². The second kappa shape index (κ2) is 5.29. The van der Waals surface area contributed by atoms with Crippen molar-refractivity contribution in [2.45, 2.75) is 30.0 Å². The summed E-state index contributed by atoms with van der Waals surface area (Å²) in [7, 11) is -1.82. The molecule has 0 bridgehead atoms. The lowest BCUT2D eigenvalue weighted by molar-refractivity contribution is 0.462. The van der Waals surface area contributed by atoms with Crippen molar-refractivity contribution in [1.82, 2.24) is 14.5 Å². The zero-order valence-electron chi connectivity index (χ0n) is 9.57. The molecule has 0 saturated heterocycles. The molecule has 0 aliphatic rings. The molecule has 0 amide bonds. The van der Waals surface area contributed by atoms with Crippen LogP contribution in [-0.4, -0.2) is 41.3 Å². The van der Waals surface area contributed by atoms with Crippen molar-refractivity contribution in [3.63, 3.8) is 0 Å². The molecule has 7 heteroatoms. The Hall–Kier alpha value is -0.400. The van der Waals surface area contributed by atoms with Crippen LogP contribution in [0.25, 0.3) is 0 Å². The van der Waals surface area contributed by atoms with Crippen LogP contribution < -0.4 is 0 Å². The lowest BCUT2D eigenvalue weighted by Gasteiger charge is -2.17. The third kappa shape index (κ3) is 3.05. The van der Waals surface area contributed by atoms with Crippen molar-refractivity contribution in [2.75, 3.05) is 13.6 Å². The SMILES string of the molecule is Cc1[nH]ncc1S(=O)(=O)N(C)CCC(C)Br. The second-order valence-corrected chi connectivity index (χ2v) is 7.33. The fourth-order valence-electron chi connectivity index (χ4n) is 1.25. The van der Waals surface area contributed by atoms with Gasteiger partial charge >= 0.3 is 0 Å². The van der Waals surface area contributed by atoms with Gasteiger partial charge in [-0.3, -0.25) is 5.10 Å². The van der Waals surface area contributed by atoms with Crippen molar-refractivity contribution in [3.8, 4) is 0 Å². The minimum absolute atomic E-state index is 0.247. The minimum Gasteiger partial charge on any atom is -0.281 e. The van der Waals surface area contributed by atoms with E-state index in [0.29, 0.717) is 17.1 Å². The third-order valence-electron chi connectivity index (χ3n) is 2.31. The fraction of sp³-hybridized carbons (Fsp3) is 0.667. The van der Waals surface area contributed by atoms with Gasteiger partial charge in [-0.2, -0.15) is 5.10 Å². The Morgan fingerprint density at radius 1 is 1.62 bits per heavy atom. The average Bonchev–Trinajstić information content (AvgIpc) is 2.61. The van der Waals surface area contributed by atoms with Gasteiger partial charge in [-0.05, 0) is 13.3 Å². The lowest BCUT2D eigenvalue weighted by atomic mass is 10.3. The molecule has 1 heterocycles. The number of aromatic amines is 1. The van der Waals surface area contributed by atoms with Crippen molar-refractivity contribution < 1.29 is 8.42 Å². The summed E-state index contributed by atoms with van der Waals surface area (Å²) in [5.41, 5.74) is 0.568. The molecule has 1 rings (SSSR count). The van der Waals surface area contributed by atoms with Crippen LogP contribution in [0.1, 0.15) is 19.0 Å². The molecule has 0 fully saturated rings. The highest BCUT2D eigenvalue weighted by Crippen LogP contribution is 2.17. The van der Waals surface area contributed by atoms with Gasteiger partial charge in [0, 0.05) is 18.4 Å². The molecular formula is C9H16BrN3O2S. The average molecular weight is 310 g/mol. The highest BCUT2D eigenvalue weighted by Gasteiger charge is 2.23. The Bertz CT molecular complexity index is 441. The normalized spacial score (nSPS) is 14.3. The molecule has 0 spiro atoms. The summed E-state index contributed by atoms with van der Waals surface area (Å²) >= 11 is 3.39. The smallest absolute Gasteiger partial charge is 0.246 e. The van der Waals surface area contributed by atoms with Gasteiger partial charge in [0.05, 0.1) is 11.9 Å².